The molecule has 1 aromatic rings. The van der Waals surface area contributed by atoms with Crippen LogP contribution in [0.15, 0.2) is 16.3 Å². The van der Waals surface area contributed by atoms with Crippen LogP contribution in [0.4, 0.5) is 0 Å². The number of thiophene rings is 1. The van der Waals surface area contributed by atoms with Gasteiger partial charge in [0.05, 0.1) is 17.0 Å². The van der Waals surface area contributed by atoms with Crippen LogP contribution < -0.4 is 0 Å². The molecule has 1 aromatic heterocycles. The van der Waals surface area contributed by atoms with Gasteiger partial charge in [-0.05, 0) is 32.0 Å². The molecule has 0 spiro atoms. The van der Waals surface area contributed by atoms with Crippen LogP contribution in [-0.2, 0) is 19.6 Å². The quantitative estimate of drug-likeness (QED) is 0.693. The number of piperazine rings is 1. The minimum atomic E-state index is -3.53. The third-order valence-corrected chi connectivity index (χ3v) is 8.28. The molecule has 7 nitrogen and oxygen atoms in total. The summed E-state index contributed by atoms with van der Waals surface area (Å²) in [5, 5.41) is 0. The lowest BCUT2D eigenvalue weighted by Gasteiger charge is -2.34. The standard InChI is InChI=1S/C16H24ClN3O4S2/c1-18(11-13-3-2-10-24-13)12-15(21)19-6-8-20(9-7-19)26(22,23)16-5-4-14(17)25-16/h4-5,13H,2-3,6-12H2,1H3. The molecule has 0 aliphatic carbocycles. The summed E-state index contributed by atoms with van der Waals surface area (Å²) >= 11 is 6.90. The van der Waals surface area contributed by atoms with Gasteiger partial charge in [-0.15, -0.1) is 11.3 Å². The van der Waals surface area contributed by atoms with E-state index in [-0.39, 0.29) is 16.2 Å². The highest BCUT2D eigenvalue weighted by Gasteiger charge is 2.31. The van der Waals surface area contributed by atoms with E-state index in [1.165, 1.54) is 10.4 Å². The Labute approximate surface area is 163 Å². The Bertz CT molecular complexity index is 726. The molecule has 0 aromatic carbocycles. The molecule has 3 rings (SSSR count). The van der Waals surface area contributed by atoms with E-state index in [4.69, 9.17) is 16.3 Å². The maximum absolute atomic E-state index is 12.6. The first kappa shape index (κ1) is 20.0. The number of carbonyl (C=O) groups excluding carboxylic acids is 1. The Morgan fingerprint density at radius 3 is 2.65 bits per heavy atom. The number of ether oxygens (including phenoxy) is 1. The van der Waals surface area contributed by atoms with Crippen LogP contribution in [0.25, 0.3) is 0 Å². The predicted molar refractivity (Wildman–Crippen MR) is 101 cm³/mol. The zero-order valence-corrected chi connectivity index (χ0v) is 17.2. The maximum atomic E-state index is 12.6. The van der Waals surface area contributed by atoms with E-state index < -0.39 is 10.0 Å². The molecular formula is C16H24ClN3O4S2. The van der Waals surface area contributed by atoms with Gasteiger partial charge in [0.25, 0.3) is 10.0 Å². The summed E-state index contributed by atoms with van der Waals surface area (Å²) in [6, 6.07) is 3.11. The van der Waals surface area contributed by atoms with E-state index in [0.717, 1.165) is 37.3 Å². The molecule has 2 fully saturated rings. The summed E-state index contributed by atoms with van der Waals surface area (Å²) in [5.41, 5.74) is 0. The van der Waals surface area contributed by atoms with Crippen molar-refractivity contribution in [3.05, 3.63) is 16.5 Å². The van der Waals surface area contributed by atoms with Crippen LogP contribution in [0, 0.1) is 0 Å². The molecule has 0 saturated carbocycles. The molecule has 146 valence electrons. The zero-order valence-electron chi connectivity index (χ0n) is 14.8. The summed E-state index contributed by atoms with van der Waals surface area (Å²) in [7, 11) is -1.61. The van der Waals surface area contributed by atoms with Gasteiger partial charge in [0.1, 0.15) is 4.21 Å². The van der Waals surface area contributed by atoms with E-state index in [1.54, 1.807) is 11.0 Å². The summed E-state index contributed by atoms with van der Waals surface area (Å²) in [4.78, 5) is 16.2. The third-order valence-electron chi connectivity index (χ3n) is 4.68. The first-order valence-corrected chi connectivity index (χ1v) is 11.3. The van der Waals surface area contributed by atoms with Crippen LogP contribution >= 0.6 is 22.9 Å². The van der Waals surface area contributed by atoms with Gasteiger partial charge < -0.3 is 9.64 Å². The molecule has 2 aliphatic heterocycles. The van der Waals surface area contributed by atoms with Crippen molar-refractivity contribution in [2.45, 2.75) is 23.2 Å². The van der Waals surface area contributed by atoms with Crippen LogP contribution in [0.5, 0.6) is 0 Å². The number of likely N-dealkylation sites (N-methyl/N-ethyl adjacent to an activating group) is 1. The number of amides is 1. The molecule has 10 heteroatoms. The highest BCUT2D eigenvalue weighted by Crippen LogP contribution is 2.28. The number of halogens is 1. The second kappa shape index (κ2) is 8.53. The van der Waals surface area contributed by atoms with Crippen molar-refractivity contribution in [3.63, 3.8) is 0 Å². The molecule has 1 amide bonds. The minimum absolute atomic E-state index is 0.0294. The van der Waals surface area contributed by atoms with E-state index in [1.807, 2.05) is 11.9 Å². The average Bonchev–Trinajstić information content (AvgIpc) is 3.26. The minimum Gasteiger partial charge on any atom is -0.377 e. The van der Waals surface area contributed by atoms with Crippen molar-refractivity contribution in [1.82, 2.24) is 14.1 Å². The van der Waals surface area contributed by atoms with Crippen molar-refractivity contribution in [2.24, 2.45) is 0 Å². The molecule has 3 heterocycles. The fraction of sp³-hybridized carbons (Fsp3) is 0.688. The topological polar surface area (TPSA) is 70.2 Å². The number of hydrogen-bond donors (Lipinski definition) is 0. The molecular weight excluding hydrogens is 398 g/mol. The normalized spacial score (nSPS) is 22.3. The predicted octanol–water partition coefficient (Wildman–Crippen LogP) is 1.35. The third kappa shape index (κ3) is 4.76. The van der Waals surface area contributed by atoms with E-state index in [2.05, 4.69) is 0 Å². The Kier molecular flexibility index (Phi) is 6.58. The Hall–Kier alpha value is -0.710. The van der Waals surface area contributed by atoms with Crippen LogP contribution in [0.3, 0.4) is 0 Å². The van der Waals surface area contributed by atoms with Gasteiger partial charge in [-0.1, -0.05) is 11.6 Å². The lowest BCUT2D eigenvalue weighted by atomic mass is 10.2. The lowest BCUT2D eigenvalue weighted by Crippen LogP contribution is -2.52. The second-order valence-corrected chi connectivity index (χ2v) is 10.6. The molecule has 26 heavy (non-hydrogen) atoms. The van der Waals surface area contributed by atoms with Gasteiger partial charge in [-0.25, -0.2) is 8.42 Å². The Morgan fingerprint density at radius 2 is 2.08 bits per heavy atom. The molecule has 2 aliphatic rings. The summed E-state index contributed by atoms with van der Waals surface area (Å²) in [6.07, 6.45) is 2.34. The fourth-order valence-corrected chi connectivity index (χ4v) is 6.33. The average molecular weight is 422 g/mol. The van der Waals surface area contributed by atoms with E-state index in [0.29, 0.717) is 37.1 Å². The van der Waals surface area contributed by atoms with Crippen molar-refractivity contribution < 1.29 is 17.9 Å². The van der Waals surface area contributed by atoms with E-state index >= 15 is 0 Å². The maximum Gasteiger partial charge on any atom is 0.252 e. The van der Waals surface area contributed by atoms with Crippen molar-refractivity contribution in [2.75, 3.05) is 52.9 Å². The number of rotatable bonds is 6. The van der Waals surface area contributed by atoms with Crippen LogP contribution in [0.2, 0.25) is 4.34 Å². The second-order valence-electron chi connectivity index (χ2n) is 6.68. The fourth-order valence-electron chi connectivity index (χ4n) is 3.27. The first-order chi connectivity index (χ1) is 12.4. The number of carbonyl (C=O) groups is 1. The van der Waals surface area contributed by atoms with Crippen molar-refractivity contribution in [1.29, 1.82) is 0 Å². The van der Waals surface area contributed by atoms with Crippen molar-refractivity contribution >= 4 is 38.9 Å². The van der Waals surface area contributed by atoms with Gasteiger partial charge in [-0.3, -0.25) is 9.69 Å². The Balaban J connectivity index is 1.49. The molecule has 2 saturated heterocycles. The number of hydrogen-bond acceptors (Lipinski definition) is 6. The monoisotopic (exact) mass is 421 g/mol. The molecule has 0 radical (unpaired) electrons. The molecule has 0 N–H and O–H groups in total. The largest absolute Gasteiger partial charge is 0.377 e. The smallest absolute Gasteiger partial charge is 0.252 e. The first-order valence-electron chi connectivity index (χ1n) is 8.69. The summed E-state index contributed by atoms with van der Waals surface area (Å²) in [6.45, 7) is 3.30. The van der Waals surface area contributed by atoms with Gasteiger partial charge in [0.15, 0.2) is 0 Å². The van der Waals surface area contributed by atoms with Gasteiger partial charge in [-0.2, -0.15) is 4.31 Å². The SMILES string of the molecule is CN(CC(=O)N1CCN(S(=O)(=O)c2ccc(Cl)s2)CC1)CC1CCCO1. The van der Waals surface area contributed by atoms with Crippen LogP contribution in [-0.4, -0.2) is 87.5 Å². The van der Waals surface area contributed by atoms with Gasteiger partial charge >= 0.3 is 0 Å². The molecule has 1 unspecified atom stereocenters. The van der Waals surface area contributed by atoms with Gasteiger partial charge in [0, 0.05) is 39.3 Å². The molecule has 1 atom stereocenters. The Morgan fingerprint density at radius 1 is 1.35 bits per heavy atom. The summed E-state index contributed by atoms with van der Waals surface area (Å²) in [5.74, 6) is 0.0294. The van der Waals surface area contributed by atoms with Gasteiger partial charge in [0.2, 0.25) is 5.91 Å². The van der Waals surface area contributed by atoms with E-state index in [9.17, 15) is 13.2 Å². The zero-order chi connectivity index (χ0) is 18.7. The highest BCUT2D eigenvalue weighted by molar-refractivity contribution is 7.91. The summed E-state index contributed by atoms with van der Waals surface area (Å²) < 4.78 is 32.9. The number of nitrogens with zero attached hydrogens (tertiary/aromatic N) is 3. The highest BCUT2D eigenvalue weighted by atomic mass is 35.5. The van der Waals surface area contributed by atoms with Crippen molar-refractivity contribution in [3.8, 4) is 0 Å². The number of sulfonamides is 1. The molecule has 0 bridgehead atoms. The lowest BCUT2D eigenvalue weighted by molar-refractivity contribution is -0.133. The van der Waals surface area contributed by atoms with Crippen LogP contribution in [0.1, 0.15) is 12.8 Å².